The Morgan fingerprint density at radius 1 is 1.56 bits per heavy atom. The van der Waals surface area contributed by atoms with Crippen LogP contribution in [0, 0.1) is 0 Å². The minimum absolute atomic E-state index is 0.179. The molecular formula is C12H16N4O2. The van der Waals surface area contributed by atoms with Crippen molar-refractivity contribution < 1.29 is 9.53 Å². The first kappa shape index (κ1) is 12.5. The summed E-state index contributed by atoms with van der Waals surface area (Å²) >= 11 is 0. The summed E-state index contributed by atoms with van der Waals surface area (Å²) < 4.78 is 6.70. The second kappa shape index (κ2) is 6.11. The molecular weight excluding hydrogens is 232 g/mol. The molecule has 0 aliphatic rings. The Morgan fingerprint density at radius 3 is 3.22 bits per heavy atom. The molecule has 6 heteroatoms. The smallest absolute Gasteiger partial charge is 0.307 e. The van der Waals surface area contributed by atoms with E-state index in [4.69, 9.17) is 4.74 Å². The summed E-state index contributed by atoms with van der Waals surface area (Å²) in [6.07, 6.45) is 5.90. The molecule has 6 nitrogen and oxygen atoms in total. The van der Waals surface area contributed by atoms with Crippen LogP contribution in [-0.2, 0) is 16.1 Å². The fourth-order valence-corrected chi connectivity index (χ4v) is 1.60. The van der Waals surface area contributed by atoms with Gasteiger partial charge in [0.15, 0.2) is 0 Å². The maximum atomic E-state index is 11.1. The van der Waals surface area contributed by atoms with Crippen LogP contribution in [0.3, 0.4) is 0 Å². The molecule has 0 aromatic carbocycles. The van der Waals surface area contributed by atoms with Gasteiger partial charge in [0, 0.05) is 31.7 Å². The van der Waals surface area contributed by atoms with E-state index in [9.17, 15) is 4.79 Å². The van der Waals surface area contributed by atoms with Crippen LogP contribution < -0.4 is 5.32 Å². The summed E-state index contributed by atoms with van der Waals surface area (Å²) in [5.41, 5.74) is 0.901. The van der Waals surface area contributed by atoms with E-state index in [0.29, 0.717) is 31.9 Å². The fraction of sp³-hybridized carbons (Fsp3) is 0.417. The van der Waals surface area contributed by atoms with Crippen molar-refractivity contribution >= 4 is 11.7 Å². The highest BCUT2D eigenvalue weighted by atomic mass is 16.5. The van der Waals surface area contributed by atoms with Crippen molar-refractivity contribution in [1.82, 2.24) is 19.7 Å². The van der Waals surface area contributed by atoms with Gasteiger partial charge >= 0.3 is 5.97 Å². The number of aromatic nitrogens is 3. The van der Waals surface area contributed by atoms with E-state index in [2.05, 4.69) is 15.3 Å². The molecule has 0 aliphatic carbocycles. The number of hydrogen-bond donors (Lipinski definition) is 1. The summed E-state index contributed by atoms with van der Waals surface area (Å²) in [6.45, 7) is 3.43. The third kappa shape index (κ3) is 3.27. The topological polar surface area (TPSA) is 68.5 Å². The normalized spacial score (nSPS) is 10.7. The van der Waals surface area contributed by atoms with Gasteiger partial charge in [-0.2, -0.15) is 0 Å². The number of ether oxygens (including phenoxy) is 1. The predicted molar refractivity (Wildman–Crippen MR) is 65.9 cm³/mol. The maximum Gasteiger partial charge on any atom is 0.307 e. The molecule has 0 bridgehead atoms. The molecule has 2 rings (SSSR count). The Morgan fingerprint density at radius 2 is 2.44 bits per heavy atom. The van der Waals surface area contributed by atoms with Crippen LogP contribution in [0.1, 0.15) is 19.0 Å². The lowest BCUT2D eigenvalue weighted by Crippen LogP contribution is -2.19. The van der Waals surface area contributed by atoms with Gasteiger partial charge in [-0.25, -0.2) is 9.97 Å². The molecule has 0 unspecified atom stereocenters. The molecule has 0 radical (unpaired) electrons. The van der Waals surface area contributed by atoms with Gasteiger partial charge in [-0.05, 0) is 13.0 Å². The lowest BCUT2D eigenvalue weighted by Gasteiger charge is -2.02. The molecule has 2 aromatic heterocycles. The number of carbonyl (C=O) groups excluding carboxylic acids is 1. The number of nitrogens with one attached hydrogen (secondary N) is 1. The van der Waals surface area contributed by atoms with Crippen molar-refractivity contribution in [1.29, 1.82) is 0 Å². The zero-order chi connectivity index (χ0) is 12.8. The molecule has 0 saturated carbocycles. The van der Waals surface area contributed by atoms with Gasteiger partial charge in [0.25, 0.3) is 0 Å². The largest absolute Gasteiger partial charge is 0.466 e. The summed E-state index contributed by atoms with van der Waals surface area (Å²) in [5.74, 6) is 0.501. The first-order valence-corrected chi connectivity index (χ1v) is 5.94. The summed E-state index contributed by atoms with van der Waals surface area (Å²) in [4.78, 5) is 19.6. The average Bonchev–Trinajstić information content (AvgIpc) is 2.77. The lowest BCUT2D eigenvalue weighted by atomic mass is 10.4. The molecule has 2 aromatic rings. The molecule has 0 spiro atoms. The number of imidazole rings is 1. The fourth-order valence-electron chi connectivity index (χ4n) is 1.60. The average molecular weight is 248 g/mol. The van der Waals surface area contributed by atoms with Gasteiger partial charge in [-0.3, -0.25) is 9.20 Å². The molecule has 0 saturated heterocycles. The van der Waals surface area contributed by atoms with Crippen molar-refractivity contribution in [3.05, 3.63) is 30.4 Å². The van der Waals surface area contributed by atoms with E-state index >= 15 is 0 Å². The third-order valence-corrected chi connectivity index (χ3v) is 2.40. The molecule has 1 N–H and O–H groups in total. The Kier molecular flexibility index (Phi) is 4.25. The minimum Gasteiger partial charge on any atom is -0.466 e. The van der Waals surface area contributed by atoms with Crippen molar-refractivity contribution in [2.24, 2.45) is 0 Å². The second-order valence-electron chi connectivity index (χ2n) is 3.79. The maximum absolute atomic E-state index is 11.1. The highest BCUT2D eigenvalue weighted by Gasteiger charge is 2.03. The van der Waals surface area contributed by atoms with E-state index in [-0.39, 0.29) is 5.97 Å². The summed E-state index contributed by atoms with van der Waals surface area (Å²) in [5, 5.41) is 3.15. The molecule has 96 valence electrons. The standard InChI is InChI=1S/C12H16N4O2/c1-2-18-11(17)4-6-13-8-10-9-16-7-3-5-14-12(16)15-10/h3,5,7,9,13H,2,4,6,8H2,1H3. The van der Waals surface area contributed by atoms with Gasteiger partial charge in [0.1, 0.15) is 0 Å². The van der Waals surface area contributed by atoms with E-state index < -0.39 is 0 Å². The van der Waals surface area contributed by atoms with Crippen LogP contribution in [0.2, 0.25) is 0 Å². The quantitative estimate of drug-likeness (QED) is 0.604. The van der Waals surface area contributed by atoms with Crippen LogP contribution >= 0.6 is 0 Å². The first-order valence-electron chi connectivity index (χ1n) is 5.94. The van der Waals surface area contributed by atoms with Crippen LogP contribution in [0.15, 0.2) is 24.7 Å². The SMILES string of the molecule is CCOC(=O)CCNCc1cn2cccnc2n1. The minimum atomic E-state index is -0.179. The predicted octanol–water partition coefficient (Wildman–Crippen LogP) is 0.772. The number of hydrogen-bond acceptors (Lipinski definition) is 5. The van der Waals surface area contributed by atoms with Gasteiger partial charge in [0.2, 0.25) is 5.78 Å². The Bertz CT molecular complexity index is 491. The zero-order valence-electron chi connectivity index (χ0n) is 10.3. The van der Waals surface area contributed by atoms with E-state index in [1.54, 1.807) is 13.1 Å². The van der Waals surface area contributed by atoms with Crippen molar-refractivity contribution in [3.8, 4) is 0 Å². The number of nitrogens with zero attached hydrogens (tertiary/aromatic N) is 3. The highest BCUT2D eigenvalue weighted by Crippen LogP contribution is 2.01. The van der Waals surface area contributed by atoms with Gasteiger partial charge in [-0.1, -0.05) is 0 Å². The van der Waals surface area contributed by atoms with Crippen LogP contribution in [0.4, 0.5) is 0 Å². The Hall–Kier alpha value is -1.95. The van der Waals surface area contributed by atoms with Crippen LogP contribution in [0.5, 0.6) is 0 Å². The zero-order valence-corrected chi connectivity index (χ0v) is 10.3. The van der Waals surface area contributed by atoms with Crippen LogP contribution in [-0.4, -0.2) is 33.5 Å². The van der Waals surface area contributed by atoms with E-state index in [1.165, 1.54) is 0 Å². The lowest BCUT2D eigenvalue weighted by molar-refractivity contribution is -0.142. The molecule has 0 amide bonds. The van der Waals surface area contributed by atoms with E-state index in [0.717, 1.165) is 5.69 Å². The van der Waals surface area contributed by atoms with Crippen molar-refractivity contribution in [2.45, 2.75) is 19.9 Å². The molecule has 18 heavy (non-hydrogen) atoms. The van der Waals surface area contributed by atoms with Gasteiger partial charge in [0.05, 0.1) is 18.7 Å². The number of fused-ring (bicyclic) bond motifs is 1. The van der Waals surface area contributed by atoms with Crippen molar-refractivity contribution in [2.75, 3.05) is 13.2 Å². The van der Waals surface area contributed by atoms with E-state index in [1.807, 2.05) is 22.9 Å². The summed E-state index contributed by atoms with van der Waals surface area (Å²) in [6, 6.07) is 1.85. The third-order valence-electron chi connectivity index (χ3n) is 2.40. The highest BCUT2D eigenvalue weighted by molar-refractivity contribution is 5.69. The molecule has 0 aliphatic heterocycles. The monoisotopic (exact) mass is 248 g/mol. The molecule has 0 fully saturated rings. The first-order chi connectivity index (χ1) is 8.79. The molecule has 2 heterocycles. The number of esters is 1. The Labute approximate surface area is 105 Å². The van der Waals surface area contributed by atoms with Crippen molar-refractivity contribution in [3.63, 3.8) is 0 Å². The number of carbonyl (C=O) groups is 1. The second-order valence-corrected chi connectivity index (χ2v) is 3.79. The Balaban J connectivity index is 1.78. The number of rotatable bonds is 6. The summed E-state index contributed by atoms with van der Waals surface area (Å²) in [7, 11) is 0. The van der Waals surface area contributed by atoms with Crippen LogP contribution in [0.25, 0.3) is 5.78 Å². The van der Waals surface area contributed by atoms with Gasteiger partial charge in [-0.15, -0.1) is 0 Å². The molecule has 0 atom stereocenters. The van der Waals surface area contributed by atoms with Gasteiger partial charge < -0.3 is 10.1 Å².